The lowest BCUT2D eigenvalue weighted by Gasteiger charge is -2.17. The highest BCUT2D eigenvalue weighted by molar-refractivity contribution is 7.99. The lowest BCUT2D eigenvalue weighted by Crippen LogP contribution is -2.38. The van der Waals surface area contributed by atoms with Gasteiger partial charge in [-0.3, -0.25) is 4.79 Å². The number of carbonyl (C=O) groups is 1. The fourth-order valence-electron chi connectivity index (χ4n) is 1.76. The van der Waals surface area contributed by atoms with E-state index in [2.05, 4.69) is 5.32 Å². The zero-order valence-corrected chi connectivity index (χ0v) is 10.3. The molecule has 92 valence electrons. The molecule has 0 fully saturated rings. The molecule has 1 amide bonds. The molecule has 1 heterocycles. The summed E-state index contributed by atoms with van der Waals surface area (Å²) in [4.78, 5) is 12.8. The van der Waals surface area contributed by atoms with Gasteiger partial charge in [-0.15, -0.1) is 11.8 Å². The molecule has 2 rings (SSSR count). The minimum absolute atomic E-state index is 0.341. The molecule has 4 N–H and O–H groups in total. The van der Waals surface area contributed by atoms with Crippen LogP contribution in [0.5, 0.6) is 0 Å². The standard InChI is InChI=1S/C12H16N2O2S/c13-10(7-15)12(16)14-9-3-4-11-8(6-9)2-1-5-17-11/h3-4,6,10,15H,1-2,5,7,13H2,(H,14,16). The third kappa shape index (κ3) is 3.00. The van der Waals surface area contributed by atoms with E-state index in [4.69, 9.17) is 10.8 Å². The summed E-state index contributed by atoms with van der Waals surface area (Å²) in [5, 5.41) is 11.5. The Morgan fingerprint density at radius 1 is 1.59 bits per heavy atom. The van der Waals surface area contributed by atoms with E-state index in [1.807, 2.05) is 30.0 Å². The van der Waals surface area contributed by atoms with E-state index in [0.717, 1.165) is 17.9 Å². The van der Waals surface area contributed by atoms with Crippen molar-refractivity contribution in [2.45, 2.75) is 23.8 Å². The minimum Gasteiger partial charge on any atom is -0.394 e. The SMILES string of the molecule is NC(CO)C(=O)Nc1ccc2c(c1)CCCS2. The number of benzene rings is 1. The summed E-state index contributed by atoms with van der Waals surface area (Å²) in [6.07, 6.45) is 2.23. The Morgan fingerprint density at radius 2 is 2.41 bits per heavy atom. The molecule has 1 aliphatic heterocycles. The number of aryl methyl sites for hydroxylation is 1. The van der Waals surface area contributed by atoms with Crippen LogP contribution in [0, 0.1) is 0 Å². The molecule has 0 aliphatic carbocycles. The number of carbonyl (C=O) groups excluding carboxylic acids is 1. The van der Waals surface area contributed by atoms with Gasteiger partial charge in [-0.25, -0.2) is 0 Å². The summed E-state index contributed by atoms with van der Waals surface area (Å²) < 4.78 is 0. The lowest BCUT2D eigenvalue weighted by atomic mass is 10.1. The van der Waals surface area contributed by atoms with Crippen LogP contribution in [0.1, 0.15) is 12.0 Å². The van der Waals surface area contributed by atoms with Gasteiger partial charge >= 0.3 is 0 Å². The van der Waals surface area contributed by atoms with Crippen LogP contribution in [0.2, 0.25) is 0 Å². The molecule has 1 unspecified atom stereocenters. The van der Waals surface area contributed by atoms with Gasteiger partial charge < -0.3 is 16.2 Å². The summed E-state index contributed by atoms with van der Waals surface area (Å²) in [7, 11) is 0. The highest BCUT2D eigenvalue weighted by atomic mass is 32.2. The summed E-state index contributed by atoms with van der Waals surface area (Å²) in [5.41, 5.74) is 7.46. The first kappa shape index (κ1) is 12.4. The maximum absolute atomic E-state index is 11.5. The number of nitrogens with one attached hydrogen (secondary N) is 1. The van der Waals surface area contributed by atoms with Crippen molar-refractivity contribution in [1.29, 1.82) is 0 Å². The van der Waals surface area contributed by atoms with E-state index in [0.29, 0.717) is 0 Å². The molecule has 0 saturated carbocycles. The van der Waals surface area contributed by atoms with Crippen molar-refractivity contribution >= 4 is 23.4 Å². The molecule has 1 aliphatic rings. The number of nitrogens with two attached hydrogens (primary N) is 1. The van der Waals surface area contributed by atoms with Gasteiger partial charge in [0.05, 0.1) is 6.61 Å². The van der Waals surface area contributed by atoms with Crippen molar-refractivity contribution in [3.63, 3.8) is 0 Å². The highest BCUT2D eigenvalue weighted by Crippen LogP contribution is 2.31. The zero-order valence-electron chi connectivity index (χ0n) is 9.48. The van der Waals surface area contributed by atoms with Gasteiger partial charge in [0.25, 0.3) is 0 Å². The Morgan fingerprint density at radius 3 is 3.18 bits per heavy atom. The molecule has 0 saturated heterocycles. The maximum Gasteiger partial charge on any atom is 0.243 e. The second-order valence-electron chi connectivity index (χ2n) is 4.05. The Hall–Kier alpha value is -1.04. The molecule has 0 spiro atoms. The molecule has 5 heteroatoms. The molecule has 4 nitrogen and oxygen atoms in total. The predicted octanol–water partition coefficient (Wildman–Crippen LogP) is 0.983. The van der Waals surface area contributed by atoms with Crippen molar-refractivity contribution in [3.8, 4) is 0 Å². The normalized spacial score (nSPS) is 16.1. The van der Waals surface area contributed by atoms with Gasteiger partial charge in [0.15, 0.2) is 0 Å². The van der Waals surface area contributed by atoms with Crippen LogP contribution in [-0.4, -0.2) is 29.4 Å². The fraction of sp³-hybridized carbons (Fsp3) is 0.417. The molecular formula is C12H16N2O2S. The Balaban J connectivity index is 2.09. The molecule has 1 aromatic rings. The molecule has 0 bridgehead atoms. The van der Waals surface area contributed by atoms with Gasteiger partial charge in [-0.2, -0.15) is 0 Å². The van der Waals surface area contributed by atoms with Crippen LogP contribution in [-0.2, 0) is 11.2 Å². The average Bonchev–Trinajstić information content (AvgIpc) is 2.37. The topological polar surface area (TPSA) is 75.3 Å². The number of fused-ring (bicyclic) bond motifs is 1. The number of anilines is 1. The van der Waals surface area contributed by atoms with Crippen molar-refractivity contribution < 1.29 is 9.90 Å². The number of hydrogen-bond donors (Lipinski definition) is 3. The molecule has 17 heavy (non-hydrogen) atoms. The van der Waals surface area contributed by atoms with E-state index in [1.165, 1.54) is 16.9 Å². The van der Waals surface area contributed by atoms with Gasteiger partial charge in [-0.05, 0) is 42.4 Å². The van der Waals surface area contributed by atoms with Crippen LogP contribution in [0.4, 0.5) is 5.69 Å². The van der Waals surface area contributed by atoms with E-state index in [9.17, 15) is 4.79 Å². The first-order chi connectivity index (χ1) is 8.20. The third-order valence-corrected chi connectivity index (χ3v) is 3.91. The van der Waals surface area contributed by atoms with Crippen molar-refractivity contribution in [1.82, 2.24) is 0 Å². The van der Waals surface area contributed by atoms with Gasteiger partial charge in [-0.1, -0.05) is 0 Å². The molecule has 1 aromatic carbocycles. The number of hydrogen-bond acceptors (Lipinski definition) is 4. The van der Waals surface area contributed by atoms with E-state index >= 15 is 0 Å². The summed E-state index contributed by atoms with van der Waals surface area (Å²) in [6.45, 7) is -0.341. The molecule has 1 atom stereocenters. The van der Waals surface area contributed by atoms with Crippen LogP contribution in [0.15, 0.2) is 23.1 Å². The van der Waals surface area contributed by atoms with E-state index in [-0.39, 0.29) is 12.5 Å². The molecule has 0 aromatic heterocycles. The highest BCUT2D eigenvalue weighted by Gasteiger charge is 2.14. The van der Waals surface area contributed by atoms with Crippen molar-refractivity contribution in [3.05, 3.63) is 23.8 Å². The number of aliphatic hydroxyl groups is 1. The maximum atomic E-state index is 11.5. The Bertz CT molecular complexity index is 423. The lowest BCUT2D eigenvalue weighted by molar-refractivity contribution is -0.118. The van der Waals surface area contributed by atoms with Gasteiger partial charge in [0, 0.05) is 10.6 Å². The largest absolute Gasteiger partial charge is 0.394 e. The fourth-order valence-corrected chi connectivity index (χ4v) is 2.78. The van der Waals surface area contributed by atoms with Crippen LogP contribution in [0.25, 0.3) is 0 Å². The number of amides is 1. The Labute approximate surface area is 105 Å². The van der Waals surface area contributed by atoms with Crippen molar-refractivity contribution in [2.75, 3.05) is 17.7 Å². The monoisotopic (exact) mass is 252 g/mol. The minimum atomic E-state index is -0.861. The van der Waals surface area contributed by atoms with Gasteiger partial charge in [0.2, 0.25) is 5.91 Å². The summed E-state index contributed by atoms with van der Waals surface area (Å²) in [6, 6.07) is 5.03. The molecular weight excluding hydrogens is 236 g/mol. The van der Waals surface area contributed by atoms with Crippen LogP contribution < -0.4 is 11.1 Å². The number of rotatable bonds is 3. The molecule has 0 radical (unpaired) electrons. The average molecular weight is 252 g/mol. The summed E-state index contributed by atoms with van der Waals surface area (Å²) >= 11 is 1.85. The first-order valence-corrected chi connectivity index (χ1v) is 6.62. The van der Waals surface area contributed by atoms with Crippen LogP contribution >= 0.6 is 11.8 Å². The predicted molar refractivity (Wildman–Crippen MR) is 69.2 cm³/mol. The quantitative estimate of drug-likeness (QED) is 0.749. The first-order valence-electron chi connectivity index (χ1n) is 5.63. The van der Waals surface area contributed by atoms with Crippen molar-refractivity contribution in [2.24, 2.45) is 5.73 Å². The zero-order chi connectivity index (χ0) is 12.3. The smallest absolute Gasteiger partial charge is 0.243 e. The summed E-state index contributed by atoms with van der Waals surface area (Å²) in [5.74, 6) is 0.810. The number of aliphatic hydroxyl groups excluding tert-OH is 1. The second-order valence-corrected chi connectivity index (χ2v) is 5.19. The van der Waals surface area contributed by atoms with Crippen LogP contribution in [0.3, 0.4) is 0 Å². The van der Waals surface area contributed by atoms with E-state index in [1.54, 1.807) is 0 Å². The van der Waals surface area contributed by atoms with E-state index < -0.39 is 6.04 Å². The third-order valence-electron chi connectivity index (χ3n) is 2.71. The number of thioether (sulfide) groups is 1. The Kier molecular flexibility index (Phi) is 4.04. The van der Waals surface area contributed by atoms with Gasteiger partial charge in [0.1, 0.15) is 6.04 Å². The second kappa shape index (κ2) is 5.53.